The number of ether oxygens (including phenoxy) is 2. The first-order valence-corrected chi connectivity index (χ1v) is 8.13. The summed E-state index contributed by atoms with van der Waals surface area (Å²) in [7, 11) is 0. The standard InChI is InChI=1S/C19H22N2O4/c22-20-14-16-8-10-18(11-9-16)24-12-4-1-5-13-25-19-7-3-2-6-17(19)15-21-23/h2-3,6-11,14-15,22-23H,1,4-5,12-13H2. The van der Waals surface area contributed by atoms with E-state index in [1.807, 2.05) is 48.5 Å². The second-order valence-electron chi connectivity index (χ2n) is 5.35. The Morgan fingerprint density at radius 3 is 2.16 bits per heavy atom. The minimum Gasteiger partial charge on any atom is -0.494 e. The molecule has 0 aliphatic heterocycles. The monoisotopic (exact) mass is 342 g/mol. The Hall–Kier alpha value is -3.02. The summed E-state index contributed by atoms with van der Waals surface area (Å²) in [4.78, 5) is 0. The lowest BCUT2D eigenvalue weighted by Gasteiger charge is -2.09. The molecule has 0 radical (unpaired) electrons. The third kappa shape index (κ3) is 6.55. The minimum atomic E-state index is 0.603. The number of nitrogens with zero attached hydrogens (tertiary/aromatic N) is 2. The molecule has 0 saturated heterocycles. The van der Waals surface area contributed by atoms with Crippen LogP contribution in [0.1, 0.15) is 30.4 Å². The number of para-hydroxylation sites is 1. The maximum Gasteiger partial charge on any atom is 0.128 e. The van der Waals surface area contributed by atoms with Crippen LogP contribution in [0, 0.1) is 0 Å². The van der Waals surface area contributed by atoms with Crippen LogP contribution in [0.5, 0.6) is 11.5 Å². The van der Waals surface area contributed by atoms with Gasteiger partial charge >= 0.3 is 0 Å². The largest absolute Gasteiger partial charge is 0.494 e. The summed E-state index contributed by atoms with van der Waals surface area (Å²) in [6.45, 7) is 1.24. The molecule has 0 heterocycles. The van der Waals surface area contributed by atoms with Gasteiger partial charge in [-0.1, -0.05) is 22.4 Å². The highest BCUT2D eigenvalue weighted by molar-refractivity contribution is 5.82. The van der Waals surface area contributed by atoms with Crippen LogP contribution in [0.4, 0.5) is 0 Å². The van der Waals surface area contributed by atoms with Crippen LogP contribution >= 0.6 is 0 Å². The summed E-state index contributed by atoms with van der Waals surface area (Å²) >= 11 is 0. The van der Waals surface area contributed by atoms with Gasteiger partial charge < -0.3 is 19.9 Å². The lowest BCUT2D eigenvalue weighted by atomic mass is 10.2. The molecule has 0 unspecified atom stereocenters. The Bertz CT molecular complexity index is 684. The van der Waals surface area contributed by atoms with Crippen LogP contribution < -0.4 is 9.47 Å². The van der Waals surface area contributed by atoms with Crippen molar-refractivity contribution in [2.45, 2.75) is 19.3 Å². The number of hydrogen-bond donors (Lipinski definition) is 2. The number of unbranched alkanes of at least 4 members (excludes halogenated alkanes) is 2. The van der Waals surface area contributed by atoms with E-state index in [1.54, 1.807) is 0 Å². The molecule has 0 aliphatic carbocycles. The van der Waals surface area contributed by atoms with Crippen molar-refractivity contribution in [1.82, 2.24) is 0 Å². The molecule has 6 nitrogen and oxygen atoms in total. The maximum absolute atomic E-state index is 8.63. The molecule has 0 amide bonds. The zero-order valence-electron chi connectivity index (χ0n) is 13.9. The van der Waals surface area contributed by atoms with E-state index < -0.39 is 0 Å². The Morgan fingerprint density at radius 1 is 0.760 bits per heavy atom. The van der Waals surface area contributed by atoms with Crippen molar-refractivity contribution in [2.24, 2.45) is 10.3 Å². The van der Waals surface area contributed by atoms with Crippen LogP contribution in [0.2, 0.25) is 0 Å². The highest BCUT2D eigenvalue weighted by Crippen LogP contribution is 2.16. The van der Waals surface area contributed by atoms with Crippen molar-refractivity contribution in [3.8, 4) is 11.5 Å². The maximum atomic E-state index is 8.63. The van der Waals surface area contributed by atoms with Gasteiger partial charge in [0.25, 0.3) is 0 Å². The fourth-order valence-corrected chi connectivity index (χ4v) is 2.25. The van der Waals surface area contributed by atoms with Gasteiger partial charge in [0, 0.05) is 5.56 Å². The van der Waals surface area contributed by atoms with Crippen molar-refractivity contribution in [3.63, 3.8) is 0 Å². The van der Waals surface area contributed by atoms with Gasteiger partial charge in [0.2, 0.25) is 0 Å². The lowest BCUT2D eigenvalue weighted by molar-refractivity contribution is 0.279. The van der Waals surface area contributed by atoms with Crippen molar-refractivity contribution in [3.05, 3.63) is 59.7 Å². The molecular formula is C19H22N2O4. The highest BCUT2D eigenvalue weighted by atomic mass is 16.5. The molecule has 2 aromatic carbocycles. The van der Waals surface area contributed by atoms with E-state index in [0.717, 1.165) is 36.1 Å². The lowest BCUT2D eigenvalue weighted by Crippen LogP contribution is -2.02. The fraction of sp³-hybridized carbons (Fsp3) is 0.263. The van der Waals surface area contributed by atoms with Crippen LogP contribution in [0.3, 0.4) is 0 Å². The zero-order valence-corrected chi connectivity index (χ0v) is 13.9. The molecule has 0 bridgehead atoms. The van der Waals surface area contributed by atoms with Crippen molar-refractivity contribution in [1.29, 1.82) is 0 Å². The molecule has 2 N–H and O–H groups in total. The van der Waals surface area contributed by atoms with Crippen LogP contribution in [-0.2, 0) is 0 Å². The first-order chi connectivity index (χ1) is 12.3. The van der Waals surface area contributed by atoms with Gasteiger partial charge in [-0.05, 0) is 61.2 Å². The van der Waals surface area contributed by atoms with E-state index in [9.17, 15) is 0 Å². The van der Waals surface area contributed by atoms with E-state index in [0.29, 0.717) is 19.0 Å². The summed E-state index contributed by atoms with van der Waals surface area (Å²) in [5.41, 5.74) is 1.57. The summed E-state index contributed by atoms with van der Waals surface area (Å²) in [5, 5.41) is 23.1. The fourth-order valence-electron chi connectivity index (χ4n) is 2.25. The summed E-state index contributed by atoms with van der Waals surface area (Å²) < 4.78 is 11.4. The molecule has 132 valence electrons. The molecule has 0 fully saturated rings. The first-order valence-electron chi connectivity index (χ1n) is 8.13. The first kappa shape index (κ1) is 18.3. The number of benzene rings is 2. The quantitative estimate of drug-likeness (QED) is 0.296. The highest BCUT2D eigenvalue weighted by Gasteiger charge is 2.00. The van der Waals surface area contributed by atoms with Crippen molar-refractivity contribution >= 4 is 12.4 Å². The van der Waals surface area contributed by atoms with Gasteiger partial charge in [-0.2, -0.15) is 0 Å². The van der Waals surface area contributed by atoms with Crippen LogP contribution in [0.15, 0.2) is 58.8 Å². The Kier molecular flexibility index (Phi) is 7.84. The molecule has 0 aliphatic rings. The zero-order chi connectivity index (χ0) is 17.7. The summed E-state index contributed by atoms with van der Waals surface area (Å²) in [6, 6.07) is 14.8. The van der Waals surface area contributed by atoms with Crippen molar-refractivity contribution in [2.75, 3.05) is 13.2 Å². The van der Waals surface area contributed by atoms with E-state index in [2.05, 4.69) is 10.3 Å². The van der Waals surface area contributed by atoms with Crippen molar-refractivity contribution < 1.29 is 19.9 Å². The topological polar surface area (TPSA) is 83.6 Å². The van der Waals surface area contributed by atoms with Gasteiger partial charge in [-0.25, -0.2) is 0 Å². The van der Waals surface area contributed by atoms with Gasteiger partial charge in [0.15, 0.2) is 0 Å². The number of oxime groups is 2. The summed E-state index contributed by atoms with van der Waals surface area (Å²) in [5.74, 6) is 1.51. The van der Waals surface area contributed by atoms with E-state index in [-0.39, 0.29) is 0 Å². The predicted octanol–water partition coefficient (Wildman–Crippen LogP) is 3.93. The van der Waals surface area contributed by atoms with Gasteiger partial charge in [0.1, 0.15) is 11.5 Å². The van der Waals surface area contributed by atoms with Gasteiger partial charge in [0.05, 0.1) is 25.6 Å². The Balaban J connectivity index is 1.61. The molecule has 0 aromatic heterocycles. The summed E-state index contributed by atoms with van der Waals surface area (Å²) in [6.07, 6.45) is 5.57. The van der Waals surface area contributed by atoms with Crippen LogP contribution in [0.25, 0.3) is 0 Å². The molecule has 0 spiro atoms. The SMILES string of the molecule is ON=Cc1ccc(OCCCCCOc2ccccc2C=NO)cc1. The normalized spacial score (nSPS) is 11.2. The third-order valence-corrected chi connectivity index (χ3v) is 3.52. The number of hydrogen-bond acceptors (Lipinski definition) is 6. The van der Waals surface area contributed by atoms with Gasteiger partial charge in [-0.15, -0.1) is 0 Å². The second kappa shape index (κ2) is 10.7. The molecule has 2 aromatic rings. The second-order valence-corrected chi connectivity index (χ2v) is 5.35. The smallest absolute Gasteiger partial charge is 0.128 e. The average molecular weight is 342 g/mol. The predicted molar refractivity (Wildman–Crippen MR) is 96.5 cm³/mol. The van der Waals surface area contributed by atoms with E-state index in [1.165, 1.54) is 12.4 Å². The van der Waals surface area contributed by atoms with E-state index in [4.69, 9.17) is 19.9 Å². The molecule has 2 rings (SSSR count). The molecule has 0 saturated carbocycles. The molecule has 0 atom stereocenters. The third-order valence-electron chi connectivity index (χ3n) is 3.52. The van der Waals surface area contributed by atoms with E-state index >= 15 is 0 Å². The number of rotatable bonds is 10. The Morgan fingerprint density at radius 2 is 1.44 bits per heavy atom. The van der Waals surface area contributed by atoms with Gasteiger partial charge in [-0.3, -0.25) is 0 Å². The molecule has 25 heavy (non-hydrogen) atoms. The molecule has 6 heteroatoms. The molecular weight excluding hydrogens is 320 g/mol. The Labute approximate surface area is 147 Å². The van der Waals surface area contributed by atoms with Crippen LogP contribution in [-0.4, -0.2) is 36.1 Å². The minimum absolute atomic E-state index is 0.603. The average Bonchev–Trinajstić information content (AvgIpc) is 2.64.